The Kier molecular flexibility index (Phi) is 3.59. The molecule has 1 heterocycles. The minimum atomic E-state index is -0.204. The predicted octanol–water partition coefficient (Wildman–Crippen LogP) is 2.07. The van der Waals surface area contributed by atoms with E-state index in [1.54, 1.807) is 13.1 Å². The topological polar surface area (TPSA) is 66.9 Å². The highest BCUT2D eigenvalue weighted by molar-refractivity contribution is 5.91. The van der Waals surface area contributed by atoms with Crippen LogP contribution >= 0.6 is 0 Å². The molecular weight excluding hydrogens is 252 g/mol. The van der Waals surface area contributed by atoms with Gasteiger partial charge in [-0.15, -0.1) is 10.2 Å². The summed E-state index contributed by atoms with van der Waals surface area (Å²) in [5.74, 6) is 3.16. The first-order chi connectivity index (χ1) is 9.67. The van der Waals surface area contributed by atoms with Crippen molar-refractivity contribution in [2.24, 2.45) is 17.8 Å². The van der Waals surface area contributed by atoms with E-state index in [1.165, 1.54) is 25.7 Å². The Morgan fingerprint density at radius 1 is 1.30 bits per heavy atom. The molecule has 1 aromatic heterocycles. The van der Waals surface area contributed by atoms with E-state index in [4.69, 9.17) is 0 Å². The van der Waals surface area contributed by atoms with Gasteiger partial charge in [-0.25, -0.2) is 0 Å². The van der Waals surface area contributed by atoms with Crippen molar-refractivity contribution in [2.75, 3.05) is 12.4 Å². The third kappa shape index (κ3) is 2.49. The Morgan fingerprint density at radius 3 is 2.70 bits per heavy atom. The lowest BCUT2D eigenvalue weighted by molar-refractivity contribution is 0.0957. The van der Waals surface area contributed by atoms with E-state index in [1.807, 2.05) is 6.07 Å². The first-order valence-electron chi connectivity index (χ1n) is 7.49. The minimum Gasteiger partial charge on any atom is -0.366 e. The van der Waals surface area contributed by atoms with E-state index in [-0.39, 0.29) is 5.91 Å². The second kappa shape index (κ2) is 5.38. The summed E-state index contributed by atoms with van der Waals surface area (Å²) in [7, 11) is 1.59. The number of aromatic nitrogens is 2. The van der Waals surface area contributed by atoms with E-state index in [0.29, 0.717) is 11.7 Å². The van der Waals surface area contributed by atoms with Crippen LogP contribution in [0.1, 0.15) is 43.1 Å². The van der Waals surface area contributed by atoms with Crippen LogP contribution in [0.15, 0.2) is 12.1 Å². The molecule has 3 rings (SSSR count). The van der Waals surface area contributed by atoms with Crippen molar-refractivity contribution in [1.82, 2.24) is 15.5 Å². The van der Waals surface area contributed by atoms with Crippen LogP contribution < -0.4 is 10.6 Å². The van der Waals surface area contributed by atoms with Gasteiger partial charge in [0.1, 0.15) is 5.82 Å². The van der Waals surface area contributed by atoms with E-state index in [2.05, 4.69) is 27.8 Å². The Morgan fingerprint density at radius 2 is 2.15 bits per heavy atom. The standard InChI is InChI=1S/C15H22N4O/c1-9(12-8-10-3-4-11(12)7-10)17-14-6-5-13(18-19-14)15(20)16-2/h5-6,9-12H,3-4,7-8H2,1-2H3,(H,16,20)(H,17,19). The highest BCUT2D eigenvalue weighted by atomic mass is 16.1. The second-order valence-electron chi connectivity index (χ2n) is 6.15. The molecule has 4 unspecified atom stereocenters. The number of anilines is 1. The molecule has 4 atom stereocenters. The molecule has 20 heavy (non-hydrogen) atoms. The molecule has 2 fully saturated rings. The van der Waals surface area contributed by atoms with Gasteiger partial charge in [0.2, 0.25) is 0 Å². The van der Waals surface area contributed by atoms with Crippen LogP contribution in [0, 0.1) is 17.8 Å². The maximum atomic E-state index is 11.4. The van der Waals surface area contributed by atoms with Gasteiger partial charge in [-0.1, -0.05) is 6.42 Å². The van der Waals surface area contributed by atoms with E-state index >= 15 is 0 Å². The van der Waals surface area contributed by atoms with Gasteiger partial charge in [0.05, 0.1) is 0 Å². The van der Waals surface area contributed by atoms with Crippen molar-refractivity contribution in [2.45, 2.75) is 38.6 Å². The zero-order chi connectivity index (χ0) is 14.1. The summed E-state index contributed by atoms with van der Waals surface area (Å²) in [6.45, 7) is 2.24. The van der Waals surface area contributed by atoms with Crippen molar-refractivity contribution < 1.29 is 4.79 Å². The monoisotopic (exact) mass is 274 g/mol. The number of rotatable bonds is 4. The maximum Gasteiger partial charge on any atom is 0.271 e. The number of nitrogens with zero attached hydrogens (tertiary/aromatic N) is 2. The maximum absolute atomic E-state index is 11.4. The van der Waals surface area contributed by atoms with E-state index in [9.17, 15) is 4.79 Å². The molecule has 0 saturated heterocycles. The number of amides is 1. The Balaban J connectivity index is 1.61. The van der Waals surface area contributed by atoms with Crippen molar-refractivity contribution >= 4 is 11.7 Å². The van der Waals surface area contributed by atoms with Crippen LogP contribution in [-0.2, 0) is 0 Å². The van der Waals surface area contributed by atoms with Crippen molar-refractivity contribution in [3.63, 3.8) is 0 Å². The van der Waals surface area contributed by atoms with Crippen LogP contribution in [0.4, 0.5) is 5.82 Å². The fourth-order valence-corrected chi connectivity index (χ4v) is 3.91. The largest absolute Gasteiger partial charge is 0.366 e. The van der Waals surface area contributed by atoms with Gasteiger partial charge in [-0.2, -0.15) is 0 Å². The molecule has 0 aromatic carbocycles. The van der Waals surface area contributed by atoms with Gasteiger partial charge in [-0.05, 0) is 56.1 Å². The predicted molar refractivity (Wildman–Crippen MR) is 77.4 cm³/mol. The molecule has 2 aliphatic rings. The summed E-state index contributed by atoms with van der Waals surface area (Å²) >= 11 is 0. The summed E-state index contributed by atoms with van der Waals surface area (Å²) < 4.78 is 0. The first kappa shape index (κ1) is 13.3. The quantitative estimate of drug-likeness (QED) is 0.882. The number of nitrogens with one attached hydrogen (secondary N) is 2. The zero-order valence-corrected chi connectivity index (χ0v) is 12.1. The molecule has 2 saturated carbocycles. The van der Waals surface area contributed by atoms with E-state index < -0.39 is 0 Å². The van der Waals surface area contributed by atoms with Crippen LogP contribution in [0.5, 0.6) is 0 Å². The fourth-order valence-electron chi connectivity index (χ4n) is 3.91. The number of hydrogen-bond acceptors (Lipinski definition) is 4. The van der Waals surface area contributed by atoms with Gasteiger partial charge in [0, 0.05) is 13.1 Å². The fraction of sp³-hybridized carbons (Fsp3) is 0.667. The lowest BCUT2D eigenvalue weighted by atomic mass is 9.84. The van der Waals surface area contributed by atoms with Gasteiger partial charge in [-0.3, -0.25) is 4.79 Å². The number of fused-ring (bicyclic) bond motifs is 2. The van der Waals surface area contributed by atoms with Crippen molar-refractivity contribution in [3.05, 3.63) is 17.8 Å². The molecule has 0 aliphatic heterocycles. The van der Waals surface area contributed by atoms with E-state index in [0.717, 1.165) is 23.6 Å². The van der Waals surface area contributed by atoms with Gasteiger partial charge in [0.25, 0.3) is 5.91 Å². The number of carbonyl (C=O) groups excluding carboxylic acids is 1. The number of carbonyl (C=O) groups is 1. The Labute approximate surface area is 119 Å². The Hall–Kier alpha value is -1.65. The summed E-state index contributed by atoms with van der Waals surface area (Å²) in [6.07, 6.45) is 5.58. The normalized spacial score (nSPS) is 29.2. The summed E-state index contributed by atoms with van der Waals surface area (Å²) in [5.41, 5.74) is 0.352. The zero-order valence-electron chi connectivity index (χ0n) is 12.1. The van der Waals surface area contributed by atoms with Crippen LogP contribution in [0.25, 0.3) is 0 Å². The molecular formula is C15H22N4O. The van der Waals surface area contributed by atoms with Crippen LogP contribution in [0.3, 0.4) is 0 Å². The Bertz CT molecular complexity index is 487. The van der Waals surface area contributed by atoms with Crippen LogP contribution in [-0.4, -0.2) is 29.2 Å². The molecule has 1 aromatic rings. The average Bonchev–Trinajstić information content (AvgIpc) is 3.10. The minimum absolute atomic E-state index is 0.204. The molecule has 0 spiro atoms. The molecule has 1 amide bonds. The smallest absolute Gasteiger partial charge is 0.271 e. The van der Waals surface area contributed by atoms with Gasteiger partial charge < -0.3 is 10.6 Å². The molecule has 5 nitrogen and oxygen atoms in total. The SMILES string of the molecule is CNC(=O)c1ccc(NC(C)C2CC3CCC2C3)nn1. The first-order valence-corrected chi connectivity index (χ1v) is 7.49. The lowest BCUT2D eigenvalue weighted by Crippen LogP contribution is -2.30. The highest BCUT2D eigenvalue weighted by Gasteiger charge is 2.41. The third-order valence-corrected chi connectivity index (χ3v) is 4.93. The molecule has 108 valence electrons. The average molecular weight is 274 g/mol. The summed E-state index contributed by atoms with van der Waals surface area (Å²) in [6, 6.07) is 3.97. The van der Waals surface area contributed by atoms with Crippen molar-refractivity contribution in [3.8, 4) is 0 Å². The number of hydrogen-bond donors (Lipinski definition) is 2. The second-order valence-corrected chi connectivity index (χ2v) is 6.15. The summed E-state index contributed by atoms with van der Waals surface area (Å²) in [4.78, 5) is 11.4. The van der Waals surface area contributed by atoms with Gasteiger partial charge in [0.15, 0.2) is 5.69 Å². The molecule has 5 heteroatoms. The third-order valence-electron chi connectivity index (χ3n) is 4.93. The molecule has 2 N–H and O–H groups in total. The van der Waals surface area contributed by atoms with Gasteiger partial charge >= 0.3 is 0 Å². The lowest BCUT2D eigenvalue weighted by Gasteiger charge is -2.28. The highest BCUT2D eigenvalue weighted by Crippen LogP contribution is 2.49. The molecule has 2 aliphatic carbocycles. The van der Waals surface area contributed by atoms with Crippen molar-refractivity contribution in [1.29, 1.82) is 0 Å². The molecule has 2 bridgehead atoms. The van der Waals surface area contributed by atoms with Crippen LogP contribution in [0.2, 0.25) is 0 Å². The summed E-state index contributed by atoms with van der Waals surface area (Å²) in [5, 5.41) is 14.0. The molecule has 0 radical (unpaired) electrons.